The fraction of sp³-hybridized carbons (Fsp3) is 0.625. The lowest BCUT2D eigenvalue weighted by molar-refractivity contribution is 0.251. The maximum absolute atomic E-state index is 5.79. The summed E-state index contributed by atoms with van der Waals surface area (Å²) >= 11 is 0. The predicted molar refractivity (Wildman–Crippen MR) is 77.9 cm³/mol. The summed E-state index contributed by atoms with van der Waals surface area (Å²) < 4.78 is 11.3. The van der Waals surface area contributed by atoms with E-state index in [1.165, 1.54) is 12.8 Å². The topological polar surface area (TPSA) is 30.5 Å². The summed E-state index contributed by atoms with van der Waals surface area (Å²) in [6.07, 6.45) is 4.77. The van der Waals surface area contributed by atoms with Crippen LogP contribution in [0.1, 0.15) is 32.6 Å². The SMILES string of the molecule is CCCOc1ccc(OCCC2CCNCC2)cc1. The minimum atomic E-state index is 0.774. The summed E-state index contributed by atoms with van der Waals surface area (Å²) in [5, 5.41) is 3.39. The van der Waals surface area contributed by atoms with Gasteiger partial charge in [-0.05, 0) is 69.0 Å². The van der Waals surface area contributed by atoms with E-state index in [0.29, 0.717) is 0 Å². The van der Waals surface area contributed by atoms with Crippen LogP contribution in [-0.2, 0) is 0 Å². The molecule has 106 valence electrons. The zero-order chi connectivity index (χ0) is 13.3. The smallest absolute Gasteiger partial charge is 0.119 e. The molecule has 0 spiro atoms. The van der Waals surface area contributed by atoms with Crippen molar-refractivity contribution in [2.24, 2.45) is 5.92 Å². The van der Waals surface area contributed by atoms with Gasteiger partial charge in [-0.25, -0.2) is 0 Å². The van der Waals surface area contributed by atoms with Gasteiger partial charge in [0.15, 0.2) is 0 Å². The first kappa shape index (κ1) is 14.2. The van der Waals surface area contributed by atoms with Crippen LogP contribution in [-0.4, -0.2) is 26.3 Å². The van der Waals surface area contributed by atoms with E-state index in [1.807, 2.05) is 24.3 Å². The van der Waals surface area contributed by atoms with Gasteiger partial charge in [0.1, 0.15) is 11.5 Å². The third-order valence-corrected chi connectivity index (χ3v) is 3.55. The molecule has 1 fully saturated rings. The van der Waals surface area contributed by atoms with Crippen LogP contribution in [0.5, 0.6) is 11.5 Å². The Bertz CT molecular complexity index is 344. The highest BCUT2D eigenvalue weighted by atomic mass is 16.5. The van der Waals surface area contributed by atoms with Crippen LogP contribution in [0.25, 0.3) is 0 Å². The second kappa shape index (κ2) is 8.05. The molecule has 3 nitrogen and oxygen atoms in total. The van der Waals surface area contributed by atoms with Crippen LogP contribution in [0, 0.1) is 5.92 Å². The van der Waals surface area contributed by atoms with E-state index >= 15 is 0 Å². The molecule has 1 saturated heterocycles. The molecular weight excluding hydrogens is 238 g/mol. The van der Waals surface area contributed by atoms with E-state index in [-0.39, 0.29) is 0 Å². The molecule has 0 amide bonds. The van der Waals surface area contributed by atoms with Crippen molar-refractivity contribution in [1.29, 1.82) is 0 Å². The fourth-order valence-electron chi connectivity index (χ4n) is 2.37. The molecule has 1 N–H and O–H groups in total. The molecule has 2 rings (SSSR count). The van der Waals surface area contributed by atoms with Gasteiger partial charge in [0, 0.05) is 0 Å². The lowest BCUT2D eigenvalue weighted by Gasteiger charge is -2.22. The van der Waals surface area contributed by atoms with Gasteiger partial charge in [-0.3, -0.25) is 0 Å². The molecule has 1 aromatic carbocycles. The number of hydrogen-bond donors (Lipinski definition) is 1. The third-order valence-electron chi connectivity index (χ3n) is 3.55. The van der Waals surface area contributed by atoms with E-state index in [2.05, 4.69) is 12.2 Å². The largest absolute Gasteiger partial charge is 0.494 e. The monoisotopic (exact) mass is 263 g/mol. The second-order valence-electron chi connectivity index (χ2n) is 5.15. The Hall–Kier alpha value is -1.22. The number of rotatable bonds is 7. The predicted octanol–water partition coefficient (Wildman–Crippen LogP) is 3.24. The zero-order valence-electron chi connectivity index (χ0n) is 11.9. The Labute approximate surface area is 116 Å². The molecule has 19 heavy (non-hydrogen) atoms. The molecule has 1 heterocycles. The molecule has 0 saturated carbocycles. The van der Waals surface area contributed by atoms with Gasteiger partial charge in [0.05, 0.1) is 13.2 Å². The molecular formula is C16H25NO2. The molecule has 3 heteroatoms. The van der Waals surface area contributed by atoms with Gasteiger partial charge < -0.3 is 14.8 Å². The molecule has 0 unspecified atom stereocenters. The average molecular weight is 263 g/mol. The van der Waals surface area contributed by atoms with Crippen LogP contribution in [0.3, 0.4) is 0 Å². The quantitative estimate of drug-likeness (QED) is 0.819. The summed E-state index contributed by atoms with van der Waals surface area (Å²) in [7, 11) is 0. The number of benzene rings is 1. The van der Waals surface area contributed by atoms with E-state index in [4.69, 9.17) is 9.47 Å². The van der Waals surface area contributed by atoms with Crippen molar-refractivity contribution in [1.82, 2.24) is 5.32 Å². The van der Waals surface area contributed by atoms with Crippen molar-refractivity contribution < 1.29 is 9.47 Å². The van der Waals surface area contributed by atoms with Crippen LogP contribution in [0.2, 0.25) is 0 Å². The lowest BCUT2D eigenvalue weighted by Crippen LogP contribution is -2.28. The first-order valence-corrected chi connectivity index (χ1v) is 7.45. The molecule has 0 atom stereocenters. The van der Waals surface area contributed by atoms with E-state index in [1.54, 1.807) is 0 Å². The number of piperidine rings is 1. The Kier molecular flexibility index (Phi) is 6.02. The van der Waals surface area contributed by atoms with Crippen LogP contribution >= 0.6 is 0 Å². The van der Waals surface area contributed by atoms with Gasteiger partial charge in [-0.2, -0.15) is 0 Å². The molecule has 0 bridgehead atoms. The Balaban J connectivity index is 1.67. The van der Waals surface area contributed by atoms with E-state index < -0.39 is 0 Å². The molecule has 0 aromatic heterocycles. The normalized spacial score (nSPS) is 16.3. The molecule has 1 aromatic rings. The maximum Gasteiger partial charge on any atom is 0.119 e. The van der Waals surface area contributed by atoms with Gasteiger partial charge in [0.25, 0.3) is 0 Å². The highest BCUT2D eigenvalue weighted by Gasteiger charge is 2.12. The van der Waals surface area contributed by atoms with Gasteiger partial charge in [-0.15, -0.1) is 0 Å². The Morgan fingerprint density at radius 2 is 1.58 bits per heavy atom. The first-order valence-electron chi connectivity index (χ1n) is 7.45. The first-order chi connectivity index (χ1) is 9.38. The summed E-state index contributed by atoms with van der Waals surface area (Å²) in [4.78, 5) is 0. The number of nitrogens with one attached hydrogen (secondary N) is 1. The van der Waals surface area contributed by atoms with Crippen molar-refractivity contribution >= 4 is 0 Å². The minimum Gasteiger partial charge on any atom is -0.494 e. The van der Waals surface area contributed by atoms with Crippen LogP contribution < -0.4 is 14.8 Å². The van der Waals surface area contributed by atoms with Gasteiger partial charge in [-0.1, -0.05) is 6.92 Å². The van der Waals surface area contributed by atoms with Crippen molar-refractivity contribution in [3.05, 3.63) is 24.3 Å². The average Bonchev–Trinajstić information content (AvgIpc) is 2.47. The summed E-state index contributed by atoms with van der Waals surface area (Å²) in [6.45, 7) is 6.02. The fourth-order valence-corrected chi connectivity index (χ4v) is 2.37. The van der Waals surface area contributed by atoms with Crippen LogP contribution in [0.15, 0.2) is 24.3 Å². The van der Waals surface area contributed by atoms with Crippen molar-refractivity contribution in [2.45, 2.75) is 32.6 Å². The van der Waals surface area contributed by atoms with E-state index in [0.717, 1.165) is 56.6 Å². The summed E-state index contributed by atoms with van der Waals surface area (Å²) in [5.41, 5.74) is 0. The van der Waals surface area contributed by atoms with Gasteiger partial charge in [0.2, 0.25) is 0 Å². The standard InChI is InChI=1S/C16H25NO2/c1-2-12-18-15-3-5-16(6-4-15)19-13-9-14-7-10-17-11-8-14/h3-6,14,17H,2,7-13H2,1H3. The van der Waals surface area contributed by atoms with Crippen molar-refractivity contribution in [2.75, 3.05) is 26.3 Å². The summed E-state index contributed by atoms with van der Waals surface area (Å²) in [6, 6.07) is 7.95. The zero-order valence-corrected chi connectivity index (χ0v) is 11.9. The van der Waals surface area contributed by atoms with Crippen LogP contribution in [0.4, 0.5) is 0 Å². The molecule has 1 aliphatic heterocycles. The number of ether oxygens (including phenoxy) is 2. The number of hydrogen-bond acceptors (Lipinski definition) is 3. The van der Waals surface area contributed by atoms with Crippen molar-refractivity contribution in [3.8, 4) is 11.5 Å². The van der Waals surface area contributed by atoms with Gasteiger partial charge >= 0.3 is 0 Å². The summed E-state index contributed by atoms with van der Waals surface area (Å²) in [5.74, 6) is 2.69. The lowest BCUT2D eigenvalue weighted by atomic mass is 9.95. The highest BCUT2D eigenvalue weighted by molar-refractivity contribution is 5.31. The molecule has 0 radical (unpaired) electrons. The minimum absolute atomic E-state index is 0.774. The highest BCUT2D eigenvalue weighted by Crippen LogP contribution is 2.20. The third kappa shape index (κ3) is 5.11. The maximum atomic E-state index is 5.79. The van der Waals surface area contributed by atoms with Crippen molar-refractivity contribution in [3.63, 3.8) is 0 Å². The molecule has 1 aliphatic rings. The van der Waals surface area contributed by atoms with E-state index in [9.17, 15) is 0 Å². The Morgan fingerprint density at radius 3 is 2.16 bits per heavy atom. The second-order valence-corrected chi connectivity index (χ2v) is 5.15. The molecule has 0 aliphatic carbocycles. The Morgan fingerprint density at radius 1 is 1.00 bits per heavy atom.